The first kappa shape index (κ1) is 15.0. The highest BCUT2D eigenvalue weighted by atomic mass is 32.1. The van der Waals surface area contributed by atoms with Crippen LogP contribution in [0.3, 0.4) is 0 Å². The number of rotatable bonds is 1. The lowest BCUT2D eigenvalue weighted by Gasteiger charge is -2.03. The molecule has 8 rings (SSSR count). The number of pyridine rings is 1. The number of aromatic nitrogens is 2. The summed E-state index contributed by atoms with van der Waals surface area (Å²) in [4.78, 5) is 4.49. The number of aryl methyl sites for hydroxylation is 1. The van der Waals surface area contributed by atoms with Gasteiger partial charge in [-0.15, -0.1) is 11.3 Å². The first-order valence-corrected chi connectivity index (χ1v) is 11.8. The lowest BCUT2D eigenvalue weighted by atomic mass is 10.0. The van der Waals surface area contributed by atoms with Gasteiger partial charge in [0.25, 0.3) is 0 Å². The summed E-state index contributed by atoms with van der Waals surface area (Å²) in [5.41, 5.74) is 5.64. The predicted molar refractivity (Wildman–Crippen MR) is 142 cm³/mol. The summed E-state index contributed by atoms with van der Waals surface area (Å²) in [7, 11) is 0. The van der Waals surface area contributed by atoms with Gasteiger partial charge in [0.1, 0.15) is 0 Å². The van der Waals surface area contributed by atoms with Gasteiger partial charge in [-0.1, -0.05) is 48.5 Å². The van der Waals surface area contributed by atoms with Crippen LogP contribution >= 0.6 is 11.3 Å². The standard InChI is InChI=1S/C30H18N2S/c1-17-10-12-23(31-16-17)18-11-13-25-21(14-18)22-15-27-28(20-7-3-5-9-26(20)33-27)29-19-6-2-4-8-24(19)32(25)30(22)29/h2-16H,1H3/i1D3. The molecule has 0 aliphatic heterocycles. The third-order valence-corrected chi connectivity index (χ3v) is 7.98. The van der Waals surface area contributed by atoms with Crippen molar-refractivity contribution in [2.75, 3.05) is 0 Å². The van der Waals surface area contributed by atoms with Crippen LogP contribution in [0.15, 0.2) is 91.1 Å². The average Bonchev–Trinajstić information content (AvgIpc) is 3.53. The van der Waals surface area contributed by atoms with E-state index >= 15 is 0 Å². The Morgan fingerprint density at radius 3 is 2.45 bits per heavy atom. The first-order valence-electron chi connectivity index (χ1n) is 12.5. The van der Waals surface area contributed by atoms with Crippen LogP contribution in [0.4, 0.5) is 0 Å². The van der Waals surface area contributed by atoms with Crippen LogP contribution in [-0.2, 0) is 0 Å². The summed E-state index contributed by atoms with van der Waals surface area (Å²) in [5, 5.41) is 7.64. The van der Waals surface area contributed by atoms with Crippen molar-refractivity contribution in [3.8, 4) is 11.3 Å². The van der Waals surface area contributed by atoms with E-state index in [0.29, 0.717) is 0 Å². The van der Waals surface area contributed by atoms with Gasteiger partial charge in [-0.3, -0.25) is 4.98 Å². The summed E-state index contributed by atoms with van der Waals surface area (Å²) in [6, 6.07) is 29.6. The van der Waals surface area contributed by atoms with Crippen LogP contribution in [0.25, 0.3) is 69.5 Å². The topological polar surface area (TPSA) is 17.3 Å². The molecular weight excluding hydrogens is 420 g/mol. The zero-order chi connectivity index (χ0) is 24.2. The molecule has 0 aliphatic rings. The third kappa shape index (κ3) is 2.20. The van der Waals surface area contributed by atoms with Crippen molar-refractivity contribution in [3.63, 3.8) is 0 Å². The number of hydrogen-bond donors (Lipinski definition) is 0. The highest BCUT2D eigenvalue weighted by Crippen LogP contribution is 2.47. The monoisotopic (exact) mass is 441 g/mol. The van der Waals surface area contributed by atoms with Gasteiger partial charge in [-0.05, 0) is 48.8 Å². The van der Waals surface area contributed by atoms with E-state index in [2.05, 4.69) is 82.2 Å². The Bertz CT molecular complexity index is 2130. The van der Waals surface area contributed by atoms with E-state index in [0.717, 1.165) is 11.3 Å². The van der Waals surface area contributed by atoms with Gasteiger partial charge < -0.3 is 4.40 Å². The van der Waals surface area contributed by atoms with Crippen molar-refractivity contribution >= 4 is 69.6 Å². The second kappa shape index (κ2) is 6.09. The van der Waals surface area contributed by atoms with Crippen molar-refractivity contribution < 1.29 is 4.11 Å². The maximum Gasteiger partial charge on any atom is 0.0702 e. The molecule has 0 bridgehead atoms. The molecular formula is C30H18N2S. The molecule has 3 heteroatoms. The van der Waals surface area contributed by atoms with Crippen molar-refractivity contribution in [3.05, 3.63) is 96.7 Å². The Balaban J connectivity index is 1.50. The van der Waals surface area contributed by atoms with Crippen LogP contribution in [0, 0.1) is 6.85 Å². The summed E-state index contributed by atoms with van der Waals surface area (Å²) >= 11 is 1.85. The fourth-order valence-electron chi connectivity index (χ4n) is 5.50. The zero-order valence-corrected chi connectivity index (χ0v) is 18.3. The van der Waals surface area contributed by atoms with Crippen molar-refractivity contribution in [2.45, 2.75) is 6.85 Å². The maximum atomic E-state index is 7.63. The number of thiophene rings is 1. The largest absolute Gasteiger partial charge is 0.308 e. The second-order valence-electron chi connectivity index (χ2n) is 8.64. The Morgan fingerprint density at radius 2 is 1.58 bits per heavy atom. The van der Waals surface area contributed by atoms with Gasteiger partial charge in [-0.2, -0.15) is 0 Å². The lowest BCUT2D eigenvalue weighted by Crippen LogP contribution is -1.85. The van der Waals surface area contributed by atoms with Crippen molar-refractivity contribution in [2.24, 2.45) is 0 Å². The van der Waals surface area contributed by atoms with E-state index < -0.39 is 6.85 Å². The van der Waals surface area contributed by atoms with Crippen molar-refractivity contribution in [1.29, 1.82) is 0 Å². The fraction of sp³-hybridized carbons (Fsp3) is 0.0333. The third-order valence-electron chi connectivity index (χ3n) is 6.86. The Kier molecular flexibility index (Phi) is 2.77. The van der Waals surface area contributed by atoms with Crippen LogP contribution in [0.5, 0.6) is 0 Å². The number of fused-ring (bicyclic) bond motifs is 10. The first-order chi connectivity index (χ1) is 17.5. The highest BCUT2D eigenvalue weighted by Gasteiger charge is 2.22. The number of para-hydroxylation sites is 1. The normalized spacial score (nSPS) is 14.1. The smallest absolute Gasteiger partial charge is 0.0702 e. The number of hydrogen-bond acceptors (Lipinski definition) is 2. The van der Waals surface area contributed by atoms with Gasteiger partial charge in [0.15, 0.2) is 0 Å². The molecule has 0 radical (unpaired) electrons. The van der Waals surface area contributed by atoms with Crippen LogP contribution in [-0.4, -0.2) is 9.38 Å². The molecule has 0 amide bonds. The molecule has 4 heterocycles. The molecule has 0 saturated heterocycles. The molecule has 0 fully saturated rings. The summed E-state index contributed by atoms with van der Waals surface area (Å²) in [6.45, 7) is -2.15. The van der Waals surface area contributed by atoms with E-state index in [1.165, 1.54) is 64.5 Å². The molecule has 0 unspecified atom stereocenters. The molecule has 33 heavy (non-hydrogen) atoms. The quantitative estimate of drug-likeness (QED) is 0.249. The molecule has 0 N–H and O–H groups in total. The summed E-state index contributed by atoms with van der Waals surface area (Å²) < 4.78 is 27.9. The van der Waals surface area contributed by atoms with Crippen LogP contribution < -0.4 is 0 Å². The molecule has 0 aliphatic carbocycles. The number of nitrogens with zero attached hydrogens (tertiary/aromatic N) is 2. The SMILES string of the molecule is [2H]C([2H])([2H])c1ccc(-c2ccc3c(c2)c2cc4sc5ccccc5c4c4c5ccccc5n3c24)nc1. The van der Waals surface area contributed by atoms with Gasteiger partial charge >= 0.3 is 0 Å². The molecule has 0 spiro atoms. The van der Waals surface area contributed by atoms with Gasteiger partial charge in [0.05, 0.1) is 22.2 Å². The van der Waals surface area contributed by atoms with E-state index in [4.69, 9.17) is 4.11 Å². The van der Waals surface area contributed by atoms with E-state index in [1.54, 1.807) is 12.1 Å². The molecule has 0 saturated carbocycles. The zero-order valence-electron chi connectivity index (χ0n) is 20.5. The molecule has 8 aromatic rings. The predicted octanol–water partition coefficient (Wildman–Crippen LogP) is 8.58. The number of benzene rings is 4. The van der Waals surface area contributed by atoms with Gasteiger partial charge in [0, 0.05) is 57.6 Å². The minimum atomic E-state index is -2.15. The average molecular weight is 442 g/mol. The molecule has 2 nitrogen and oxygen atoms in total. The molecule has 154 valence electrons. The maximum absolute atomic E-state index is 7.63. The van der Waals surface area contributed by atoms with E-state index in [1.807, 2.05) is 11.3 Å². The van der Waals surface area contributed by atoms with Crippen molar-refractivity contribution in [1.82, 2.24) is 9.38 Å². The lowest BCUT2D eigenvalue weighted by molar-refractivity contribution is 1.27. The highest BCUT2D eigenvalue weighted by molar-refractivity contribution is 7.26. The summed E-state index contributed by atoms with van der Waals surface area (Å²) in [5.74, 6) is 0. The van der Waals surface area contributed by atoms with E-state index in [-0.39, 0.29) is 5.56 Å². The van der Waals surface area contributed by atoms with Crippen LogP contribution in [0.2, 0.25) is 0 Å². The molecule has 4 aromatic heterocycles. The second-order valence-corrected chi connectivity index (χ2v) is 9.72. The molecule has 0 atom stereocenters. The molecule has 4 aromatic carbocycles. The van der Waals surface area contributed by atoms with Crippen LogP contribution in [0.1, 0.15) is 9.68 Å². The summed E-state index contributed by atoms with van der Waals surface area (Å²) in [6.07, 6.45) is 1.47. The Labute approximate surface area is 197 Å². The minimum Gasteiger partial charge on any atom is -0.308 e. The van der Waals surface area contributed by atoms with Gasteiger partial charge in [0.2, 0.25) is 0 Å². The fourth-order valence-corrected chi connectivity index (χ4v) is 6.65. The Hall–Kier alpha value is -3.95. The Morgan fingerprint density at radius 1 is 0.727 bits per heavy atom. The van der Waals surface area contributed by atoms with Gasteiger partial charge in [-0.25, -0.2) is 0 Å². The minimum absolute atomic E-state index is 0.256. The van der Waals surface area contributed by atoms with E-state index in [9.17, 15) is 0 Å².